The highest BCUT2D eigenvalue weighted by molar-refractivity contribution is 7.90. The van der Waals surface area contributed by atoms with Crippen LogP contribution in [0.25, 0.3) is 0 Å². The van der Waals surface area contributed by atoms with Crippen molar-refractivity contribution in [1.82, 2.24) is 14.5 Å². The summed E-state index contributed by atoms with van der Waals surface area (Å²) in [6, 6.07) is 12.2. The van der Waals surface area contributed by atoms with Gasteiger partial charge in [-0.3, -0.25) is 4.79 Å². The highest BCUT2D eigenvalue weighted by atomic mass is 35.5. The van der Waals surface area contributed by atoms with Crippen molar-refractivity contribution in [3.8, 4) is 0 Å². The molecule has 0 atom stereocenters. The van der Waals surface area contributed by atoms with Gasteiger partial charge >= 0.3 is 0 Å². The Morgan fingerprint density at radius 3 is 2.62 bits per heavy atom. The second-order valence-corrected chi connectivity index (χ2v) is 10.6. The van der Waals surface area contributed by atoms with Crippen LogP contribution in [-0.2, 0) is 33.4 Å². The van der Waals surface area contributed by atoms with E-state index in [1.807, 2.05) is 0 Å². The van der Waals surface area contributed by atoms with Gasteiger partial charge in [0, 0.05) is 30.3 Å². The average Bonchev–Trinajstić information content (AvgIpc) is 3.56. The lowest BCUT2D eigenvalue weighted by atomic mass is 10.2. The minimum atomic E-state index is -3.83. The molecule has 0 saturated heterocycles. The third-order valence-electron chi connectivity index (χ3n) is 5.62. The van der Waals surface area contributed by atoms with Crippen molar-refractivity contribution in [3.05, 3.63) is 82.4 Å². The van der Waals surface area contributed by atoms with Crippen molar-refractivity contribution in [2.75, 3.05) is 13.7 Å². The summed E-state index contributed by atoms with van der Waals surface area (Å²) in [4.78, 5) is 19.2. The van der Waals surface area contributed by atoms with Crippen LogP contribution in [0, 0.1) is 5.82 Å². The van der Waals surface area contributed by atoms with Crippen molar-refractivity contribution < 1.29 is 22.3 Å². The summed E-state index contributed by atoms with van der Waals surface area (Å²) in [6.07, 6.45) is 3.26. The van der Waals surface area contributed by atoms with Crippen LogP contribution in [0.15, 0.2) is 59.9 Å². The molecule has 1 aliphatic carbocycles. The number of aromatic nitrogens is 2. The number of methoxy groups -OCH3 is 1. The van der Waals surface area contributed by atoms with Gasteiger partial charge in [0.1, 0.15) is 5.82 Å². The normalized spacial score (nSPS) is 13.7. The Morgan fingerprint density at radius 2 is 1.97 bits per heavy atom. The number of carbonyl (C=O) groups excluding carboxylic acids is 1. The number of rotatable bonds is 10. The molecule has 0 bridgehead atoms. The summed E-state index contributed by atoms with van der Waals surface area (Å²) in [5.74, 6) is -0.917. The molecule has 7 nitrogen and oxygen atoms in total. The van der Waals surface area contributed by atoms with Crippen molar-refractivity contribution in [1.29, 1.82) is 0 Å². The van der Waals surface area contributed by atoms with Gasteiger partial charge in [0.25, 0.3) is 5.91 Å². The Bertz CT molecular complexity index is 1270. The zero-order valence-corrected chi connectivity index (χ0v) is 20.2. The molecule has 1 aromatic heterocycles. The van der Waals surface area contributed by atoms with Crippen LogP contribution in [0.1, 0.15) is 34.5 Å². The molecule has 0 unspecified atom stereocenters. The Balaban J connectivity index is 1.63. The number of imidazole rings is 1. The number of nitrogens with zero attached hydrogens (tertiary/aromatic N) is 3. The number of hydrogen-bond donors (Lipinski definition) is 0. The van der Waals surface area contributed by atoms with E-state index in [4.69, 9.17) is 16.3 Å². The highest BCUT2D eigenvalue weighted by Crippen LogP contribution is 2.31. The lowest BCUT2D eigenvalue weighted by Crippen LogP contribution is -2.33. The predicted octanol–water partition coefficient (Wildman–Crippen LogP) is 4.10. The fourth-order valence-corrected chi connectivity index (χ4v) is 5.48. The van der Waals surface area contributed by atoms with Crippen LogP contribution in [0.5, 0.6) is 0 Å². The number of ether oxygens (including phenoxy) is 1. The van der Waals surface area contributed by atoms with E-state index in [1.54, 1.807) is 33.7 Å². The molecule has 0 spiro atoms. The van der Waals surface area contributed by atoms with E-state index in [0.717, 1.165) is 12.8 Å². The second kappa shape index (κ2) is 10.2. The third-order valence-corrected chi connectivity index (χ3v) is 7.45. The summed E-state index contributed by atoms with van der Waals surface area (Å²) in [5, 5.41) is 0.371. The molecule has 34 heavy (non-hydrogen) atoms. The minimum absolute atomic E-state index is 0.0801. The van der Waals surface area contributed by atoms with Gasteiger partial charge in [-0.05, 0) is 48.7 Å². The number of sulfone groups is 1. The summed E-state index contributed by atoms with van der Waals surface area (Å²) >= 11 is 6.07. The fourth-order valence-electron chi connectivity index (χ4n) is 3.77. The van der Waals surface area contributed by atoms with Crippen LogP contribution in [0.3, 0.4) is 0 Å². The molecule has 1 fully saturated rings. The zero-order chi connectivity index (χ0) is 24.3. The van der Waals surface area contributed by atoms with Gasteiger partial charge < -0.3 is 14.2 Å². The molecule has 0 N–H and O–H groups in total. The van der Waals surface area contributed by atoms with Gasteiger partial charge in [-0.2, -0.15) is 0 Å². The van der Waals surface area contributed by atoms with E-state index in [2.05, 4.69) is 4.98 Å². The maximum atomic E-state index is 13.2. The van der Waals surface area contributed by atoms with Crippen molar-refractivity contribution >= 4 is 27.3 Å². The Morgan fingerprint density at radius 1 is 1.24 bits per heavy atom. The van der Waals surface area contributed by atoms with Crippen LogP contribution in [-0.4, -0.2) is 48.5 Å². The summed E-state index contributed by atoms with van der Waals surface area (Å²) < 4.78 is 46.4. The van der Waals surface area contributed by atoms with Gasteiger partial charge in [0.15, 0.2) is 0 Å². The quantitative estimate of drug-likeness (QED) is 0.414. The molecular weight excluding hydrogens is 481 g/mol. The molecule has 3 aromatic rings. The molecule has 1 saturated carbocycles. The third kappa shape index (κ3) is 5.65. The molecule has 10 heteroatoms. The molecule has 1 aliphatic rings. The Labute approximate surface area is 203 Å². The molecule has 0 aliphatic heterocycles. The maximum absolute atomic E-state index is 13.2. The van der Waals surface area contributed by atoms with E-state index in [1.165, 1.54) is 37.6 Å². The number of halogens is 2. The van der Waals surface area contributed by atoms with Gasteiger partial charge in [-0.1, -0.05) is 29.8 Å². The summed E-state index contributed by atoms with van der Waals surface area (Å²) in [5.41, 5.74) is 1.53. The first-order valence-corrected chi connectivity index (χ1v) is 12.9. The zero-order valence-electron chi connectivity index (χ0n) is 18.7. The van der Waals surface area contributed by atoms with E-state index in [-0.39, 0.29) is 42.6 Å². The van der Waals surface area contributed by atoms with Gasteiger partial charge in [-0.15, -0.1) is 0 Å². The van der Waals surface area contributed by atoms with Crippen LogP contribution in [0.4, 0.5) is 4.39 Å². The first kappa shape index (κ1) is 24.4. The van der Waals surface area contributed by atoms with Crippen LogP contribution < -0.4 is 0 Å². The average molecular weight is 506 g/mol. The number of carbonyl (C=O) groups is 1. The van der Waals surface area contributed by atoms with Crippen molar-refractivity contribution in [2.45, 2.75) is 42.9 Å². The van der Waals surface area contributed by atoms with Crippen molar-refractivity contribution in [3.63, 3.8) is 0 Å². The number of hydrogen-bond acceptors (Lipinski definition) is 5. The van der Waals surface area contributed by atoms with E-state index in [0.29, 0.717) is 21.8 Å². The van der Waals surface area contributed by atoms with Gasteiger partial charge in [0.05, 0.1) is 30.8 Å². The smallest absolute Gasteiger partial charge is 0.254 e. The fraction of sp³-hybridized carbons (Fsp3) is 0.333. The second-order valence-electron chi connectivity index (χ2n) is 8.24. The Hall–Kier alpha value is -2.75. The molecule has 1 heterocycles. The topological polar surface area (TPSA) is 81.5 Å². The lowest BCUT2D eigenvalue weighted by Gasteiger charge is -2.23. The first-order valence-electron chi connectivity index (χ1n) is 10.9. The van der Waals surface area contributed by atoms with Gasteiger partial charge in [-0.25, -0.2) is 17.8 Å². The molecule has 2 aromatic carbocycles. The van der Waals surface area contributed by atoms with E-state index in [9.17, 15) is 17.6 Å². The SMILES string of the molecule is COCCn1c(CN(C(=O)c2cccc(Cl)c2)C2CC2)cnc1S(=O)(=O)Cc1ccc(F)cc1. The van der Waals surface area contributed by atoms with E-state index >= 15 is 0 Å². The monoisotopic (exact) mass is 505 g/mol. The molecule has 4 rings (SSSR count). The maximum Gasteiger partial charge on any atom is 0.254 e. The molecular formula is C24H25ClFN3O4S. The Kier molecular flexibility index (Phi) is 7.35. The number of benzene rings is 2. The summed E-state index contributed by atoms with van der Waals surface area (Å²) in [6.45, 7) is 0.737. The predicted molar refractivity (Wildman–Crippen MR) is 126 cm³/mol. The highest BCUT2D eigenvalue weighted by Gasteiger charge is 2.34. The molecule has 0 radical (unpaired) electrons. The summed E-state index contributed by atoms with van der Waals surface area (Å²) in [7, 11) is -2.30. The van der Waals surface area contributed by atoms with Crippen LogP contribution >= 0.6 is 11.6 Å². The lowest BCUT2D eigenvalue weighted by molar-refractivity contribution is 0.0724. The van der Waals surface area contributed by atoms with Crippen LogP contribution in [0.2, 0.25) is 5.02 Å². The largest absolute Gasteiger partial charge is 0.383 e. The molecule has 1 amide bonds. The first-order chi connectivity index (χ1) is 16.3. The molecule has 180 valence electrons. The van der Waals surface area contributed by atoms with E-state index < -0.39 is 15.7 Å². The standard InChI is InChI=1S/C24H25ClFN3O4S/c1-33-12-11-28-22(14-27-24(28)34(31,32)16-17-5-7-20(26)8-6-17)15-29(21-9-10-21)23(30)18-3-2-4-19(25)13-18/h2-8,13-14,21H,9-12,15-16H2,1H3. The number of amides is 1. The minimum Gasteiger partial charge on any atom is -0.383 e. The van der Waals surface area contributed by atoms with Crippen molar-refractivity contribution in [2.24, 2.45) is 0 Å². The van der Waals surface area contributed by atoms with Gasteiger partial charge in [0.2, 0.25) is 15.0 Å².